The molecule has 6 rings (SSSR count). The van der Waals surface area contributed by atoms with E-state index in [4.69, 9.17) is 14.7 Å². The van der Waals surface area contributed by atoms with E-state index in [0.717, 1.165) is 98.9 Å². The molecule has 326 valence electrons. The standard InChI is InChI=1S/C53H70N4O4/c1-12-38-34(8)41-27-43-36(10)40(23-24-47(58)61-26-25-33(7)22-16-21-32(6)20-15-19-31(5)18-14-17-30(3)4)50(56-43)49-51-48(52(59)53(49)60)37(11)44(57-51)29-46-39(13-2)35(9)42(55-46)28-45(38)54-41/h12,25,27-32,36,40,56-57H,1,13-24,26H2,2-11H3/b33-25+,43-27?,45-28?,46-29?,50-49?/t31-,32-,36?,40?/m1/s1. The Bertz CT molecular complexity index is 2350. The largest absolute Gasteiger partial charge is 0.461 e. The lowest BCUT2D eigenvalue weighted by atomic mass is 9.85. The van der Waals surface area contributed by atoms with Gasteiger partial charge in [0.2, 0.25) is 11.6 Å². The van der Waals surface area contributed by atoms with Gasteiger partial charge < -0.3 is 14.7 Å². The number of aromatic amines is 2. The number of hydrogen-bond acceptors (Lipinski definition) is 6. The fraction of sp³-hybridized carbons (Fsp3) is 0.528. The molecule has 5 heterocycles. The van der Waals surface area contributed by atoms with Gasteiger partial charge in [0.1, 0.15) is 6.61 Å². The summed E-state index contributed by atoms with van der Waals surface area (Å²) in [6.45, 7) is 26.1. The monoisotopic (exact) mass is 827 g/mol. The lowest BCUT2D eigenvalue weighted by molar-refractivity contribution is -0.142. The molecular formula is C53H70N4O4. The summed E-state index contributed by atoms with van der Waals surface area (Å²) in [6.07, 6.45) is 16.6. The first-order chi connectivity index (χ1) is 29.1. The van der Waals surface area contributed by atoms with Crippen LogP contribution in [0.25, 0.3) is 33.3 Å². The number of nitrogens with one attached hydrogen (secondary N) is 2. The summed E-state index contributed by atoms with van der Waals surface area (Å²) in [5.41, 5.74) is 12.9. The smallest absolute Gasteiger partial charge is 0.306 e. The molecule has 8 heteroatoms. The number of esters is 1. The summed E-state index contributed by atoms with van der Waals surface area (Å²) in [4.78, 5) is 58.2. The Labute approximate surface area is 364 Å². The highest BCUT2D eigenvalue weighted by Gasteiger charge is 2.40. The minimum atomic E-state index is -0.537. The predicted octanol–water partition coefficient (Wildman–Crippen LogP) is 13.8. The number of ether oxygens (including phenoxy) is 1. The average Bonchev–Trinajstić information content (AvgIpc) is 3.94. The molecule has 4 atom stereocenters. The zero-order valence-electron chi connectivity index (χ0n) is 38.7. The van der Waals surface area contributed by atoms with E-state index >= 15 is 0 Å². The number of rotatable bonds is 19. The zero-order valence-corrected chi connectivity index (χ0v) is 38.7. The Morgan fingerprint density at radius 3 is 2.13 bits per heavy atom. The van der Waals surface area contributed by atoms with E-state index in [1.165, 1.54) is 50.5 Å². The van der Waals surface area contributed by atoms with Crippen molar-refractivity contribution in [3.8, 4) is 0 Å². The van der Waals surface area contributed by atoms with Gasteiger partial charge in [-0.3, -0.25) is 14.4 Å². The van der Waals surface area contributed by atoms with Crippen molar-refractivity contribution in [2.24, 2.45) is 17.8 Å². The highest BCUT2D eigenvalue weighted by atomic mass is 16.5. The molecule has 0 aromatic carbocycles. The van der Waals surface area contributed by atoms with Crippen LogP contribution < -0.4 is 0 Å². The summed E-state index contributed by atoms with van der Waals surface area (Å²) in [5, 5.41) is 0. The second-order valence-electron chi connectivity index (χ2n) is 18.9. The molecule has 1 aliphatic carbocycles. The van der Waals surface area contributed by atoms with Crippen molar-refractivity contribution in [3.05, 3.63) is 93.4 Å². The fourth-order valence-electron chi connectivity index (χ4n) is 9.76. The fourth-order valence-corrected chi connectivity index (χ4v) is 9.76. The first-order valence-corrected chi connectivity index (χ1v) is 23.1. The number of aryl methyl sites for hydroxylation is 1. The van der Waals surface area contributed by atoms with E-state index in [-0.39, 0.29) is 30.8 Å². The van der Waals surface area contributed by atoms with Crippen LogP contribution in [0.3, 0.4) is 0 Å². The second kappa shape index (κ2) is 19.9. The van der Waals surface area contributed by atoms with Crippen molar-refractivity contribution in [2.45, 2.75) is 158 Å². The van der Waals surface area contributed by atoms with Crippen LogP contribution in [0.5, 0.6) is 0 Å². The first kappa shape index (κ1) is 45.7. The predicted molar refractivity (Wildman–Crippen MR) is 251 cm³/mol. The number of hydrogen-bond donors (Lipinski definition) is 2. The third-order valence-corrected chi connectivity index (χ3v) is 13.8. The van der Waals surface area contributed by atoms with Crippen LogP contribution in [0.1, 0.15) is 212 Å². The van der Waals surface area contributed by atoms with Crippen molar-refractivity contribution in [3.63, 3.8) is 0 Å². The molecule has 8 nitrogen and oxygen atoms in total. The normalized spacial score (nSPS) is 18.0. The molecule has 61 heavy (non-hydrogen) atoms. The summed E-state index contributed by atoms with van der Waals surface area (Å²) < 4.78 is 5.75. The summed E-state index contributed by atoms with van der Waals surface area (Å²) in [7, 11) is 0. The molecule has 8 bridgehead atoms. The Morgan fingerprint density at radius 1 is 0.820 bits per heavy atom. The van der Waals surface area contributed by atoms with Gasteiger partial charge in [-0.25, -0.2) is 9.97 Å². The first-order valence-electron chi connectivity index (χ1n) is 23.1. The quantitative estimate of drug-likeness (QED) is 0.0827. The van der Waals surface area contributed by atoms with E-state index in [0.29, 0.717) is 28.8 Å². The molecule has 3 aliphatic heterocycles. The van der Waals surface area contributed by atoms with Crippen molar-refractivity contribution in [1.82, 2.24) is 19.9 Å². The number of fused-ring (bicyclic) bond motifs is 8. The highest BCUT2D eigenvalue weighted by molar-refractivity contribution is 6.56. The van der Waals surface area contributed by atoms with Crippen LogP contribution in [-0.4, -0.2) is 44.1 Å². The molecule has 0 fully saturated rings. The van der Waals surface area contributed by atoms with Crippen molar-refractivity contribution in [2.75, 3.05) is 6.61 Å². The lowest BCUT2D eigenvalue weighted by Gasteiger charge is -2.17. The van der Waals surface area contributed by atoms with Gasteiger partial charge in [-0.15, -0.1) is 0 Å². The minimum Gasteiger partial charge on any atom is -0.461 e. The number of carbonyl (C=O) groups is 3. The summed E-state index contributed by atoms with van der Waals surface area (Å²) in [6, 6.07) is 6.06. The molecule has 0 saturated carbocycles. The molecular weight excluding hydrogens is 757 g/mol. The SMILES string of the molecule is C=CC1=C(C)c2cc3[nH]c(c4c5[nH]c(cc6nc(cc1n2)C(C)=C6CC)c(C)c5C(=O)C4=O)C(CCC(=O)OC/C=C(\C)CCC[C@H](C)CCC[C@H](C)CCCC(C)C)C3C. The van der Waals surface area contributed by atoms with Gasteiger partial charge in [0.25, 0.3) is 0 Å². The average molecular weight is 827 g/mol. The number of Topliss-reactive ketones (excluding diaryl/α,β-unsaturated/α-hetero) is 2. The van der Waals surface area contributed by atoms with Gasteiger partial charge >= 0.3 is 5.97 Å². The van der Waals surface area contributed by atoms with Gasteiger partial charge in [-0.2, -0.15) is 0 Å². The Kier molecular flexibility index (Phi) is 14.9. The summed E-state index contributed by atoms with van der Waals surface area (Å²) in [5.74, 6) is 0.666. The van der Waals surface area contributed by atoms with Crippen LogP contribution in [0.2, 0.25) is 0 Å². The van der Waals surface area contributed by atoms with Gasteiger partial charge in [-0.1, -0.05) is 105 Å². The molecule has 0 amide bonds. The Morgan fingerprint density at radius 2 is 1.46 bits per heavy atom. The topological polar surface area (TPSA) is 118 Å². The third-order valence-electron chi connectivity index (χ3n) is 13.8. The van der Waals surface area contributed by atoms with E-state index in [9.17, 15) is 14.4 Å². The second-order valence-corrected chi connectivity index (χ2v) is 18.9. The number of aromatic nitrogens is 4. The molecule has 0 spiro atoms. The minimum absolute atomic E-state index is 0.105. The van der Waals surface area contributed by atoms with Crippen molar-refractivity contribution < 1.29 is 19.1 Å². The van der Waals surface area contributed by atoms with E-state index in [1.54, 1.807) is 0 Å². The third kappa shape index (κ3) is 10.1. The summed E-state index contributed by atoms with van der Waals surface area (Å²) >= 11 is 0. The van der Waals surface area contributed by atoms with Gasteiger partial charge in [0, 0.05) is 40.7 Å². The molecule has 2 unspecified atom stereocenters. The van der Waals surface area contributed by atoms with Gasteiger partial charge in [0.05, 0.1) is 39.4 Å². The van der Waals surface area contributed by atoms with Crippen LogP contribution in [0, 0.1) is 24.7 Å². The molecule has 0 radical (unpaired) electrons. The van der Waals surface area contributed by atoms with Crippen LogP contribution in [0.4, 0.5) is 0 Å². The molecule has 2 aromatic heterocycles. The molecule has 2 N–H and O–H groups in total. The Balaban J connectivity index is 1.18. The number of carbonyl (C=O) groups excluding carboxylic acids is 3. The van der Waals surface area contributed by atoms with Crippen molar-refractivity contribution in [1.29, 1.82) is 0 Å². The zero-order chi connectivity index (χ0) is 44.1. The molecule has 4 aliphatic rings. The van der Waals surface area contributed by atoms with Crippen LogP contribution in [-0.2, 0) is 9.53 Å². The molecule has 0 saturated heterocycles. The number of allylic oxidation sites excluding steroid dienone is 6. The lowest BCUT2D eigenvalue weighted by Crippen LogP contribution is -2.13. The van der Waals surface area contributed by atoms with Crippen LogP contribution >= 0.6 is 0 Å². The maximum atomic E-state index is 13.9. The van der Waals surface area contributed by atoms with Crippen molar-refractivity contribution >= 4 is 50.9 Å². The highest BCUT2D eigenvalue weighted by Crippen LogP contribution is 2.45. The van der Waals surface area contributed by atoms with Gasteiger partial charge in [-0.05, 0) is 118 Å². The van der Waals surface area contributed by atoms with E-state index in [1.807, 2.05) is 44.2 Å². The Hall–Kier alpha value is -4.85. The number of H-pyrrole nitrogens is 2. The van der Waals surface area contributed by atoms with E-state index < -0.39 is 11.6 Å². The molecule has 2 aromatic rings. The number of ketones is 2. The maximum Gasteiger partial charge on any atom is 0.306 e. The van der Waals surface area contributed by atoms with Crippen LogP contribution in [0.15, 0.2) is 42.5 Å². The maximum absolute atomic E-state index is 13.9. The van der Waals surface area contributed by atoms with E-state index in [2.05, 4.69) is 71.9 Å². The number of nitrogens with zero attached hydrogens (tertiary/aromatic N) is 2. The van der Waals surface area contributed by atoms with Gasteiger partial charge in [0.15, 0.2) is 0 Å².